The minimum atomic E-state index is -3.47. The Bertz CT molecular complexity index is 1030. The van der Waals surface area contributed by atoms with E-state index in [2.05, 4.69) is 6.92 Å². The Hall–Kier alpha value is -1.75. The van der Waals surface area contributed by atoms with E-state index in [1.165, 1.54) is 31.7 Å². The van der Waals surface area contributed by atoms with Crippen molar-refractivity contribution in [1.82, 2.24) is 0 Å². The molecule has 36 heavy (non-hydrogen) atoms. The third kappa shape index (κ3) is 6.76. The Morgan fingerprint density at radius 3 is 2.06 bits per heavy atom. The summed E-state index contributed by atoms with van der Waals surface area (Å²) in [6.07, 6.45) is 8.93. The maximum absolute atomic E-state index is 15.2. The molecule has 3 rings (SSSR count). The van der Waals surface area contributed by atoms with Crippen molar-refractivity contribution in [3.63, 3.8) is 0 Å². The van der Waals surface area contributed by atoms with Gasteiger partial charge >= 0.3 is 7.60 Å². The molecule has 4 nitrogen and oxygen atoms in total. The zero-order chi connectivity index (χ0) is 26.3. The highest BCUT2D eigenvalue weighted by atomic mass is 31.2. The van der Waals surface area contributed by atoms with Crippen molar-refractivity contribution in [3.8, 4) is 11.5 Å². The van der Waals surface area contributed by atoms with Gasteiger partial charge in [0.15, 0.2) is 11.6 Å². The van der Waals surface area contributed by atoms with Gasteiger partial charge in [-0.25, -0.2) is 4.39 Å². The number of benzene rings is 2. The van der Waals surface area contributed by atoms with Crippen molar-refractivity contribution in [2.24, 2.45) is 5.92 Å². The van der Waals surface area contributed by atoms with Gasteiger partial charge in [0.25, 0.3) is 0 Å². The van der Waals surface area contributed by atoms with E-state index < -0.39 is 19.2 Å². The van der Waals surface area contributed by atoms with Gasteiger partial charge in [0, 0.05) is 0 Å². The summed E-state index contributed by atoms with van der Waals surface area (Å²) >= 11 is 0. The van der Waals surface area contributed by atoms with Gasteiger partial charge in [0.1, 0.15) is 5.75 Å². The maximum Gasteiger partial charge on any atom is 0.361 e. The Balaban J connectivity index is 1.76. The van der Waals surface area contributed by atoms with E-state index >= 15 is 8.78 Å². The lowest BCUT2D eigenvalue weighted by atomic mass is 9.77. The highest BCUT2D eigenvalue weighted by Crippen LogP contribution is 2.48. The largest absolute Gasteiger partial charge is 0.454 e. The van der Waals surface area contributed by atoms with E-state index in [0.717, 1.165) is 25.7 Å². The fourth-order valence-corrected chi connectivity index (χ4v) is 7.02. The molecule has 2 aromatic carbocycles. The number of hydrogen-bond acceptors (Lipinski definition) is 4. The van der Waals surface area contributed by atoms with Crippen LogP contribution in [-0.4, -0.2) is 13.2 Å². The van der Waals surface area contributed by atoms with Gasteiger partial charge in [0.2, 0.25) is 5.82 Å². The van der Waals surface area contributed by atoms with Crippen LogP contribution in [0.3, 0.4) is 0 Å². The molecule has 7 heteroatoms. The van der Waals surface area contributed by atoms with E-state index in [-0.39, 0.29) is 24.9 Å². The molecule has 0 radical (unpaired) electrons. The normalized spacial score (nSPS) is 18.4. The van der Waals surface area contributed by atoms with Crippen LogP contribution in [0.2, 0.25) is 0 Å². The first-order chi connectivity index (χ1) is 17.2. The van der Waals surface area contributed by atoms with Gasteiger partial charge in [0.05, 0.1) is 18.5 Å². The SMILES string of the molecule is CCCCC[C@H]1CC[C@H](c2ccc(Oc3c(C)cc(P(=O)(OCC)OCC)cc3C)c(F)c2F)CC1. The average Bonchev–Trinajstić information content (AvgIpc) is 2.85. The van der Waals surface area contributed by atoms with E-state index in [4.69, 9.17) is 13.8 Å². The third-order valence-corrected chi connectivity index (χ3v) is 9.24. The molecule has 0 aromatic heterocycles. The van der Waals surface area contributed by atoms with Crippen LogP contribution in [0.15, 0.2) is 24.3 Å². The highest BCUT2D eigenvalue weighted by Gasteiger charge is 2.29. The topological polar surface area (TPSA) is 44.8 Å². The summed E-state index contributed by atoms with van der Waals surface area (Å²) in [7, 11) is -3.47. The second kappa shape index (κ2) is 13.2. The van der Waals surface area contributed by atoms with Crippen LogP contribution in [0.1, 0.15) is 94.7 Å². The zero-order valence-corrected chi connectivity index (χ0v) is 23.3. The molecule has 0 atom stereocenters. The molecule has 2 aromatic rings. The molecular weight excluding hydrogens is 481 g/mol. The summed E-state index contributed by atoms with van der Waals surface area (Å²) in [5.41, 5.74) is 1.72. The van der Waals surface area contributed by atoms with Gasteiger partial charge < -0.3 is 13.8 Å². The van der Waals surface area contributed by atoms with Gasteiger partial charge in [-0.15, -0.1) is 0 Å². The fourth-order valence-electron chi connectivity index (χ4n) is 5.27. The molecular formula is C29H41F2O4P. The lowest BCUT2D eigenvalue weighted by molar-refractivity contribution is 0.230. The minimum absolute atomic E-state index is 0.0463. The van der Waals surface area contributed by atoms with Gasteiger partial charge in [-0.05, 0) is 100 Å². The van der Waals surface area contributed by atoms with Crippen LogP contribution >= 0.6 is 7.60 Å². The molecule has 0 spiro atoms. The van der Waals surface area contributed by atoms with Crippen LogP contribution in [-0.2, 0) is 13.6 Å². The van der Waals surface area contributed by atoms with Gasteiger partial charge in [-0.3, -0.25) is 4.57 Å². The number of hydrogen-bond donors (Lipinski definition) is 0. The average molecular weight is 523 g/mol. The molecule has 1 fully saturated rings. The van der Waals surface area contributed by atoms with Crippen LogP contribution < -0.4 is 10.0 Å². The lowest BCUT2D eigenvalue weighted by Crippen LogP contribution is -2.15. The van der Waals surface area contributed by atoms with Crippen molar-refractivity contribution in [3.05, 3.63) is 52.6 Å². The predicted molar refractivity (Wildman–Crippen MR) is 142 cm³/mol. The quantitative estimate of drug-likeness (QED) is 0.206. The number of halogens is 2. The molecule has 1 aliphatic carbocycles. The van der Waals surface area contributed by atoms with Crippen molar-refractivity contribution in [2.75, 3.05) is 13.2 Å². The molecule has 0 aliphatic heterocycles. The first-order valence-corrected chi connectivity index (χ1v) is 14.9. The molecule has 0 bridgehead atoms. The zero-order valence-electron chi connectivity index (χ0n) is 22.4. The second-order valence-corrected chi connectivity index (χ2v) is 11.9. The molecule has 0 saturated heterocycles. The smallest absolute Gasteiger partial charge is 0.361 e. The third-order valence-electron chi connectivity index (χ3n) is 7.15. The van der Waals surface area contributed by atoms with Gasteiger partial charge in [-0.2, -0.15) is 4.39 Å². The number of aryl methyl sites for hydroxylation is 2. The Morgan fingerprint density at radius 1 is 0.889 bits per heavy atom. The van der Waals surface area contributed by atoms with E-state index in [1.807, 2.05) is 0 Å². The highest BCUT2D eigenvalue weighted by molar-refractivity contribution is 7.62. The Morgan fingerprint density at radius 2 is 1.50 bits per heavy atom. The van der Waals surface area contributed by atoms with E-state index in [1.54, 1.807) is 45.9 Å². The standard InChI is InChI=1S/C29H41F2O4P/c1-6-9-10-11-22-12-14-23(15-13-22)25-16-17-26(28(31)27(25)30)35-29-20(4)18-24(19-21(29)5)36(32,33-7-2)34-8-3/h16-19,22-23H,6-15H2,1-5H3/t22-,23-. The van der Waals surface area contributed by atoms with E-state index in [0.29, 0.717) is 33.7 Å². The predicted octanol–water partition coefficient (Wildman–Crippen LogP) is 9.12. The molecule has 1 saturated carbocycles. The van der Waals surface area contributed by atoms with Crippen LogP contribution in [0, 0.1) is 31.4 Å². The molecule has 0 amide bonds. The summed E-state index contributed by atoms with van der Waals surface area (Å²) in [4.78, 5) is 0. The summed E-state index contributed by atoms with van der Waals surface area (Å²) in [5.74, 6) is -0.776. The van der Waals surface area contributed by atoms with Crippen molar-refractivity contribution in [2.45, 2.75) is 91.9 Å². The van der Waals surface area contributed by atoms with Crippen molar-refractivity contribution < 1.29 is 27.1 Å². The molecule has 200 valence electrons. The molecule has 0 N–H and O–H groups in total. The summed E-state index contributed by atoms with van der Waals surface area (Å²) in [6, 6.07) is 6.53. The summed E-state index contributed by atoms with van der Waals surface area (Å²) < 4.78 is 60.2. The number of rotatable bonds is 12. The van der Waals surface area contributed by atoms with Crippen LogP contribution in [0.4, 0.5) is 8.78 Å². The molecule has 1 aliphatic rings. The van der Waals surface area contributed by atoms with Crippen molar-refractivity contribution >= 4 is 12.9 Å². The monoisotopic (exact) mass is 522 g/mol. The molecule has 0 heterocycles. The second-order valence-electron chi connectivity index (χ2n) is 9.84. The first kappa shape index (κ1) is 28.8. The Labute approximate surface area is 215 Å². The number of unbranched alkanes of at least 4 members (excludes halogenated alkanes) is 2. The lowest BCUT2D eigenvalue weighted by Gasteiger charge is -2.29. The molecule has 0 unspecified atom stereocenters. The maximum atomic E-state index is 15.2. The minimum Gasteiger partial charge on any atom is -0.454 e. The Kier molecular flexibility index (Phi) is 10.5. The van der Waals surface area contributed by atoms with Crippen LogP contribution in [0.25, 0.3) is 0 Å². The first-order valence-electron chi connectivity index (χ1n) is 13.4. The van der Waals surface area contributed by atoms with Crippen LogP contribution in [0.5, 0.6) is 11.5 Å². The van der Waals surface area contributed by atoms with Crippen molar-refractivity contribution in [1.29, 1.82) is 0 Å². The van der Waals surface area contributed by atoms with E-state index in [9.17, 15) is 4.57 Å². The summed E-state index contributed by atoms with van der Waals surface area (Å²) in [5, 5.41) is 0.417. The number of ether oxygens (including phenoxy) is 1. The summed E-state index contributed by atoms with van der Waals surface area (Å²) in [6.45, 7) is 9.75. The fraction of sp³-hybridized carbons (Fsp3) is 0.586. The van der Waals surface area contributed by atoms with Gasteiger partial charge in [-0.1, -0.05) is 38.7 Å².